The van der Waals surface area contributed by atoms with Crippen molar-refractivity contribution in [1.82, 2.24) is 4.57 Å². The van der Waals surface area contributed by atoms with Crippen LogP contribution in [-0.4, -0.2) is 15.7 Å². The number of hydrogen-bond donors (Lipinski definition) is 0. The normalized spacial score (nSPS) is 15.6. The van der Waals surface area contributed by atoms with Gasteiger partial charge in [0.05, 0.1) is 20.6 Å². The monoisotopic (exact) mass is 442 g/mol. The van der Waals surface area contributed by atoms with E-state index in [9.17, 15) is 9.59 Å². The van der Waals surface area contributed by atoms with E-state index in [-0.39, 0.29) is 11.1 Å². The first-order chi connectivity index (χ1) is 13.9. The van der Waals surface area contributed by atoms with Gasteiger partial charge in [0.1, 0.15) is 0 Å². The van der Waals surface area contributed by atoms with Crippen LogP contribution in [0.1, 0.15) is 17.0 Å². The Balaban J connectivity index is 1.71. The Kier molecular flexibility index (Phi) is 5.30. The SMILES string of the molecule is Cc1cc(C=C2SC(=O)N(c3ccccc3)C2=O)c(C)n1-c1ccc(Cl)c(Cl)c1. The summed E-state index contributed by atoms with van der Waals surface area (Å²) in [6.07, 6.45) is 1.77. The molecule has 2 aromatic carbocycles. The highest BCUT2D eigenvalue weighted by Crippen LogP contribution is 2.36. The average molecular weight is 443 g/mol. The highest BCUT2D eigenvalue weighted by molar-refractivity contribution is 8.19. The van der Waals surface area contributed by atoms with E-state index in [0.717, 1.165) is 34.4 Å². The van der Waals surface area contributed by atoms with Crippen molar-refractivity contribution in [3.05, 3.63) is 86.5 Å². The van der Waals surface area contributed by atoms with Crippen molar-refractivity contribution < 1.29 is 9.59 Å². The lowest BCUT2D eigenvalue weighted by atomic mass is 10.2. The number of thioether (sulfide) groups is 1. The molecule has 0 N–H and O–H groups in total. The molecule has 0 atom stereocenters. The molecule has 146 valence electrons. The summed E-state index contributed by atoms with van der Waals surface area (Å²) in [4.78, 5) is 26.9. The molecule has 4 nitrogen and oxygen atoms in total. The van der Waals surface area contributed by atoms with Crippen LogP contribution in [0.4, 0.5) is 10.5 Å². The van der Waals surface area contributed by atoms with Crippen LogP contribution < -0.4 is 4.90 Å². The second-order valence-corrected chi connectivity index (χ2v) is 8.42. The van der Waals surface area contributed by atoms with E-state index in [1.54, 1.807) is 42.5 Å². The fourth-order valence-corrected chi connectivity index (χ4v) is 4.49. The molecule has 2 amide bonds. The number of amides is 2. The molecule has 0 spiro atoms. The zero-order chi connectivity index (χ0) is 20.7. The summed E-state index contributed by atoms with van der Waals surface area (Å²) in [6.45, 7) is 3.94. The molecule has 2 heterocycles. The van der Waals surface area contributed by atoms with Crippen LogP contribution in [0.2, 0.25) is 10.0 Å². The maximum atomic E-state index is 12.9. The second-order valence-electron chi connectivity index (χ2n) is 6.61. The summed E-state index contributed by atoms with van der Waals surface area (Å²) in [6, 6.07) is 16.4. The fourth-order valence-electron chi connectivity index (χ4n) is 3.36. The number of aryl methyl sites for hydroxylation is 1. The second kappa shape index (κ2) is 7.75. The Hall–Kier alpha value is -2.47. The highest BCUT2D eigenvalue weighted by atomic mass is 35.5. The fraction of sp³-hybridized carbons (Fsp3) is 0.0909. The van der Waals surface area contributed by atoms with Gasteiger partial charge >= 0.3 is 0 Å². The molecule has 29 heavy (non-hydrogen) atoms. The number of nitrogens with zero attached hydrogens (tertiary/aromatic N) is 2. The van der Waals surface area contributed by atoms with Crippen molar-refractivity contribution in [3.63, 3.8) is 0 Å². The first kappa shape index (κ1) is 19.8. The number of carbonyl (C=O) groups is 2. The van der Waals surface area contributed by atoms with Crippen LogP contribution in [0.15, 0.2) is 59.5 Å². The standard InChI is InChI=1S/C22H16Cl2N2O2S/c1-13-10-15(14(2)25(13)17-8-9-18(23)19(24)12-17)11-20-21(27)26(22(28)29-20)16-6-4-3-5-7-16/h3-12H,1-2H3. The molecule has 0 radical (unpaired) electrons. The zero-order valence-corrected chi connectivity index (χ0v) is 18.0. The van der Waals surface area contributed by atoms with Crippen molar-refractivity contribution in [3.8, 4) is 5.69 Å². The molecular formula is C22H16Cl2N2O2S. The number of anilines is 1. The van der Waals surface area contributed by atoms with Gasteiger partial charge in [0.2, 0.25) is 0 Å². The minimum absolute atomic E-state index is 0.300. The average Bonchev–Trinajstić information content (AvgIpc) is 3.13. The summed E-state index contributed by atoms with van der Waals surface area (Å²) in [5.74, 6) is -0.314. The molecule has 1 aliphatic rings. The molecular weight excluding hydrogens is 427 g/mol. The van der Waals surface area contributed by atoms with Crippen LogP contribution in [0.5, 0.6) is 0 Å². The Morgan fingerprint density at radius 1 is 0.897 bits per heavy atom. The molecule has 7 heteroatoms. The Bertz CT molecular complexity index is 1170. The van der Waals surface area contributed by atoms with Crippen LogP contribution in [0, 0.1) is 13.8 Å². The van der Waals surface area contributed by atoms with Gasteiger partial charge in [-0.2, -0.15) is 0 Å². The molecule has 1 aromatic heterocycles. The highest BCUT2D eigenvalue weighted by Gasteiger charge is 2.36. The van der Waals surface area contributed by atoms with Crippen molar-refractivity contribution in [2.45, 2.75) is 13.8 Å². The van der Waals surface area contributed by atoms with Crippen LogP contribution in [-0.2, 0) is 4.79 Å². The first-order valence-electron chi connectivity index (χ1n) is 8.84. The number of rotatable bonds is 3. The maximum Gasteiger partial charge on any atom is 0.298 e. The summed E-state index contributed by atoms with van der Waals surface area (Å²) in [5, 5.41) is 0.667. The first-order valence-corrected chi connectivity index (χ1v) is 10.4. The summed E-state index contributed by atoms with van der Waals surface area (Å²) >= 11 is 13.2. The molecule has 1 aliphatic heterocycles. The van der Waals surface area contributed by atoms with Crippen molar-refractivity contribution in [2.24, 2.45) is 0 Å². The van der Waals surface area contributed by atoms with E-state index in [1.165, 1.54) is 4.90 Å². The van der Waals surface area contributed by atoms with Gasteiger partial charge in [-0.1, -0.05) is 41.4 Å². The van der Waals surface area contributed by atoms with E-state index in [1.807, 2.05) is 36.6 Å². The van der Waals surface area contributed by atoms with Crippen LogP contribution in [0.3, 0.4) is 0 Å². The molecule has 0 aliphatic carbocycles. The molecule has 1 fully saturated rings. The van der Waals surface area contributed by atoms with E-state index in [0.29, 0.717) is 20.6 Å². The van der Waals surface area contributed by atoms with Crippen LogP contribution >= 0.6 is 35.0 Å². The van der Waals surface area contributed by atoms with Gasteiger partial charge in [-0.25, -0.2) is 4.90 Å². The number of imide groups is 1. The lowest BCUT2D eigenvalue weighted by Crippen LogP contribution is -2.27. The van der Waals surface area contributed by atoms with E-state index >= 15 is 0 Å². The number of carbonyl (C=O) groups excluding carboxylic acids is 2. The number of para-hydroxylation sites is 1. The number of hydrogen-bond acceptors (Lipinski definition) is 3. The third kappa shape index (κ3) is 3.62. The quantitative estimate of drug-likeness (QED) is 0.426. The van der Waals surface area contributed by atoms with Crippen LogP contribution in [0.25, 0.3) is 11.8 Å². The topological polar surface area (TPSA) is 42.3 Å². The smallest absolute Gasteiger partial charge is 0.298 e. The van der Waals surface area contributed by atoms with Gasteiger partial charge in [0, 0.05) is 17.1 Å². The van der Waals surface area contributed by atoms with Gasteiger partial charge in [0.25, 0.3) is 11.1 Å². The maximum absolute atomic E-state index is 12.9. The molecule has 0 saturated carbocycles. The molecule has 0 unspecified atom stereocenters. The van der Waals surface area contributed by atoms with E-state index in [4.69, 9.17) is 23.2 Å². The lowest BCUT2D eigenvalue weighted by Gasteiger charge is -2.11. The zero-order valence-electron chi connectivity index (χ0n) is 15.6. The largest absolute Gasteiger partial charge is 0.318 e. The van der Waals surface area contributed by atoms with Gasteiger partial charge < -0.3 is 4.57 Å². The summed E-state index contributed by atoms with van der Waals surface area (Å²) < 4.78 is 2.04. The van der Waals surface area contributed by atoms with E-state index in [2.05, 4.69) is 0 Å². The molecule has 1 saturated heterocycles. The molecule has 4 rings (SSSR count). The Morgan fingerprint density at radius 2 is 1.62 bits per heavy atom. The predicted molar refractivity (Wildman–Crippen MR) is 120 cm³/mol. The van der Waals surface area contributed by atoms with Crippen molar-refractivity contribution in [2.75, 3.05) is 4.90 Å². The minimum Gasteiger partial charge on any atom is -0.318 e. The lowest BCUT2D eigenvalue weighted by molar-refractivity contribution is -0.113. The predicted octanol–water partition coefficient (Wildman–Crippen LogP) is 6.64. The Labute approximate surface area is 182 Å². The van der Waals surface area contributed by atoms with Gasteiger partial charge in [-0.3, -0.25) is 9.59 Å². The molecule has 0 bridgehead atoms. The third-order valence-corrected chi connectivity index (χ3v) is 6.33. The summed E-state index contributed by atoms with van der Waals surface area (Å²) in [7, 11) is 0. The summed E-state index contributed by atoms with van der Waals surface area (Å²) in [5.41, 5.74) is 4.24. The van der Waals surface area contributed by atoms with E-state index < -0.39 is 0 Å². The van der Waals surface area contributed by atoms with Gasteiger partial charge in [0.15, 0.2) is 0 Å². The third-order valence-electron chi connectivity index (χ3n) is 4.73. The number of benzene rings is 2. The number of aromatic nitrogens is 1. The Morgan fingerprint density at radius 3 is 2.31 bits per heavy atom. The van der Waals surface area contributed by atoms with Crippen molar-refractivity contribution in [1.29, 1.82) is 0 Å². The van der Waals surface area contributed by atoms with Crippen molar-refractivity contribution >= 4 is 57.9 Å². The van der Waals surface area contributed by atoms with Gasteiger partial charge in [-0.15, -0.1) is 0 Å². The molecule has 3 aromatic rings. The minimum atomic E-state index is -0.314. The number of halogens is 2. The van der Waals surface area contributed by atoms with Gasteiger partial charge in [-0.05, 0) is 73.6 Å².